The first-order valence-electron chi connectivity index (χ1n) is 12.0. The summed E-state index contributed by atoms with van der Waals surface area (Å²) in [6.07, 6.45) is 2.13. The fraction of sp³-hybridized carbons (Fsp3) is 0.250. The minimum absolute atomic E-state index is 0.0184. The fourth-order valence-electron chi connectivity index (χ4n) is 3.86. The zero-order valence-corrected chi connectivity index (χ0v) is 23.1. The van der Waals surface area contributed by atoms with Crippen molar-refractivity contribution >= 4 is 38.7 Å². The van der Waals surface area contributed by atoms with E-state index in [-0.39, 0.29) is 35.3 Å². The molecule has 1 heterocycles. The van der Waals surface area contributed by atoms with Crippen molar-refractivity contribution in [1.29, 1.82) is 0 Å². The molecule has 4 rings (SSSR count). The van der Waals surface area contributed by atoms with Crippen molar-refractivity contribution in [1.82, 2.24) is 9.66 Å². The van der Waals surface area contributed by atoms with Crippen molar-refractivity contribution in [2.75, 3.05) is 7.11 Å². The van der Waals surface area contributed by atoms with E-state index in [9.17, 15) is 14.9 Å². The van der Waals surface area contributed by atoms with Crippen LogP contribution in [0.4, 0.5) is 5.69 Å². The van der Waals surface area contributed by atoms with Gasteiger partial charge in [0.15, 0.2) is 5.75 Å². The molecule has 4 aromatic rings. The number of aromatic nitrogens is 2. The summed E-state index contributed by atoms with van der Waals surface area (Å²) in [6, 6.07) is 15.9. The Morgan fingerprint density at radius 1 is 1.18 bits per heavy atom. The van der Waals surface area contributed by atoms with Gasteiger partial charge in [0.2, 0.25) is 5.75 Å². The van der Waals surface area contributed by atoms with Gasteiger partial charge in [-0.05, 0) is 43.2 Å². The predicted octanol–water partition coefficient (Wildman–Crippen LogP) is 6.36. The van der Waals surface area contributed by atoms with Crippen molar-refractivity contribution in [3.8, 4) is 11.5 Å². The topological polar surface area (TPSA) is 109 Å². The van der Waals surface area contributed by atoms with Crippen LogP contribution in [0.3, 0.4) is 0 Å². The van der Waals surface area contributed by atoms with Gasteiger partial charge in [-0.2, -0.15) is 9.78 Å². The van der Waals surface area contributed by atoms with Crippen molar-refractivity contribution in [3.63, 3.8) is 0 Å². The molecular weight excluding hydrogens is 552 g/mol. The molecule has 0 fully saturated rings. The van der Waals surface area contributed by atoms with Gasteiger partial charge >= 0.3 is 5.69 Å². The van der Waals surface area contributed by atoms with Gasteiger partial charge in [-0.3, -0.25) is 14.9 Å². The Morgan fingerprint density at radius 2 is 1.92 bits per heavy atom. The monoisotopic (exact) mass is 578 g/mol. The van der Waals surface area contributed by atoms with Gasteiger partial charge in [-0.1, -0.05) is 59.6 Å². The lowest BCUT2D eigenvalue weighted by Gasteiger charge is -2.14. The normalized spacial score (nSPS) is 12.1. The van der Waals surface area contributed by atoms with E-state index in [4.69, 9.17) is 9.47 Å². The minimum atomic E-state index is -0.532. The average molecular weight is 579 g/mol. The van der Waals surface area contributed by atoms with Crippen LogP contribution < -0.4 is 15.0 Å². The Kier molecular flexibility index (Phi) is 8.21. The number of nitro benzene ring substituents is 1. The van der Waals surface area contributed by atoms with Gasteiger partial charge in [0.05, 0.1) is 29.2 Å². The van der Waals surface area contributed by atoms with E-state index in [1.54, 1.807) is 18.2 Å². The summed E-state index contributed by atoms with van der Waals surface area (Å²) in [6.45, 7) is 6.08. The summed E-state index contributed by atoms with van der Waals surface area (Å²) in [7, 11) is 1.41. The van der Waals surface area contributed by atoms with E-state index in [0.29, 0.717) is 22.3 Å². The third kappa shape index (κ3) is 5.75. The number of nitro groups is 1. The van der Waals surface area contributed by atoms with E-state index in [1.807, 2.05) is 51.1 Å². The standard InChI is InChI=1S/C28H27BrN4O5/c1-5-18(3)27-31-23-11-10-21(29)14-22(23)28(34)32(27)30-15-20-12-24(33(35)36)26(25(13-20)37-4)38-16-19-8-6-17(2)7-9-19/h6-15,18H,5,16H2,1-4H3/t18-/m1/s1. The molecule has 38 heavy (non-hydrogen) atoms. The molecule has 0 radical (unpaired) electrons. The second-order valence-electron chi connectivity index (χ2n) is 8.91. The highest BCUT2D eigenvalue weighted by molar-refractivity contribution is 9.10. The number of ether oxygens (including phenoxy) is 2. The van der Waals surface area contributed by atoms with E-state index < -0.39 is 4.92 Å². The van der Waals surface area contributed by atoms with Crippen LogP contribution in [-0.2, 0) is 6.61 Å². The van der Waals surface area contributed by atoms with Gasteiger partial charge in [0.1, 0.15) is 12.4 Å². The summed E-state index contributed by atoms with van der Waals surface area (Å²) >= 11 is 3.40. The van der Waals surface area contributed by atoms with Crippen LogP contribution in [0.25, 0.3) is 10.9 Å². The first-order valence-corrected chi connectivity index (χ1v) is 12.8. The Balaban J connectivity index is 1.76. The number of hydrogen-bond donors (Lipinski definition) is 0. The van der Waals surface area contributed by atoms with Crippen molar-refractivity contribution < 1.29 is 14.4 Å². The summed E-state index contributed by atoms with van der Waals surface area (Å²) in [5, 5.41) is 16.8. The molecule has 0 aliphatic carbocycles. The SMILES string of the molecule is CC[C@@H](C)c1nc2ccc(Br)cc2c(=O)n1N=Cc1cc(OC)c(OCc2ccc(C)cc2)c([N+](=O)[O-])c1. The fourth-order valence-corrected chi connectivity index (χ4v) is 4.22. The lowest BCUT2D eigenvalue weighted by atomic mass is 10.1. The van der Waals surface area contributed by atoms with Crippen LogP contribution in [-0.4, -0.2) is 27.9 Å². The maximum Gasteiger partial charge on any atom is 0.315 e. The number of aryl methyl sites for hydroxylation is 1. The highest BCUT2D eigenvalue weighted by atomic mass is 79.9. The number of fused-ring (bicyclic) bond motifs is 1. The molecule has 9 nitrogen and oxygen atoms in total. The molecule has 0 saturated carbocycles. The summed E-state index contributed by atoms with van der Waals surface area (Å²) in [4.78, 5) is 29.5. The molecule has 0 aliphatic rings. The highest BCUT2D eigenvalue weighted by Gasteiger charge is 2.23. The molecule has 0 unspecified atom stereocenters. The lowest BCUT2D eigenvalue weighted by molar-refractivity contribution is -0.386. The number of hydrogen-bond acceptors (Lipinski definition) is 7. The van der Waals surface area contributed by atoms with Crippen LogP contribution in [0, 0.1) is 17.0 Å². The number of methoxy groups -OCH3 is 1. The second kappa shape index (κ2) is 11.6. The Bertz CT molecular complexity index is 1580. The minimum Gasteiger partial charge on any atom is -0.493 e. The van der Waals surface area contributed by atoms with Crippen LogP contribution in [0.5, 0.6) is 11.5 Å². The predicted molar refractivity (Wildman–Crippen MR) is 151 cm³/mol. The van der Waals surface area contributed by atoms with Gasteiger partial charge in [0.25, 0.3) is 5.56 Å². The Hall–Kier alpha value is -4.05. The molecule has 0 spiro atoms. The van der Waals surface area contributed by atoms with Crippen LogP contribution in [0.1, 0.15) is 48.7 Å². The van der Waals surface area contributed by atoms with Crippen molar-refractivity contribution in [2.45, 2.75) is 39.7 Å². The first kappa shape index (κ1) is 27.0. The summed E-state index contributed by atoms with van der Waals surface area (Å²) < 4.78 is 13.3. The quantitative estimate of drug-likeness (QED) is 0.130. The van der Waals surface area contributed by atoms with Crippen LogP contribution in [0.15, 0.2) is 69.0 Å². The van der Waals surface area contributed by atoms with E-state index in [0.717, 1.165) is 22.0 Å². The second-order valence-corrected chi connectivity index (χ2v) is 9.82. The maximum atomic E-state index is 13.4. The molecule has 10 heteroatoms. The van der Waals surface area contributed by atoms with Gasteiger partial charge in [-0.25, -0.2) is 4.98 Å². The van der Waals surface area contributed by atoms with Crippen LogP contribution >= 0.6 is 15.9 Å². The molecule has 0 bridgehead atoms. The molecule has 1 aromatic heterocycles. The highest BCUT2D eigenvalue weighted by Crippen LogP contribution is 2.38. The van der Waals surface area contributed by atoms with E-state index >= 15 is 0 Å². The van der Waals surface area contributed by atoms with Gasteiger partial charge < -0.3 is 9.47 Å². The molecule has 0 N–H and O–H groups in total. The first-order chi connectivity index (χ1) is 18.2. The number of halogens is 1. The summed E-state index contributed by atoms with van der Waals surface area (Å²) in [5.74, 6) is 0.658. The van der Waals surface area contributed by atoms with E-state index in [1.165, 1.54) is 24.1 Å². The average Bonchev–Trinajstić information content (AvgIpc) is 2.91. The summed E-state index contributed by atoms with van der Waals surface area (Å²) in [5.41, 5.74) is 2.31. The zero-order chi connectivity index (χ0) is 27.4. The van der Waals surface area contributed by atoms with Gasteiger partial charge in [-0.15, -0.1) is 0 Å². The Labute approximate surface area is 228 Å². The molecule has 3 aromatic carbocycles. The largest absolute Gasteiger partial charge is 0.493 e. The van der Waals surface area contributed by atoms with Crippen molar-refractivity contribution in [3.05, 3.63) is 102 Å². The smallest absolute Gasteiger partial charge is 0.315 e. The molecule has 196 valence electrons. The third-order valence-corrected chi connectivity index (χ3v) is 6.68. The third-order valence-electron chi connectivity index (χ3n) is 6.19. The molecule has 0 amide bonds. The lowest BCUT2D eigenvalue weighted by Crippen LogP contribution is -2.23. The van der Waals surface area contributed by atoms with Crippen molar-refractivity contribution in [2.24, 2.45) is 5.10 Å². The molecule has 1 atom stereocenters. The molecule has 0 saturated heterocycles. The van der Waals surface area contributed by atoms with Crippen LogP contribution in [0.2, 0.25) is 0 Å². The zero-order valence-electron chi connectivity index (χ0n) is 21.5. The molecule has 0 aliphatic heterocycles. The number of benzene rings is 3. The Morgan fingerprint density at radius 3 is 2.58 bits per heavy atom. The van der Waals surface area contributed by atoms with E-state index in [2.05, 4.69) is 26.0 Å². The number of rotatable bonds is 9. The van der Waals surface area contributed by atoms with Gasteiger partial charge in [0, 0.05) is 22.0 Å². The number of nitrogens with zero attached hydrogens (tertiary/aromatic N) is 4. The maximum absolute atomic E-state index is 13.4. The molecular formula is C28H27BrN4O5.